The van der Waals surface area contributed by atoms with Crippen LogP contribution >= 0.6 is 0 Å². The Kier molecular flexibility index (Phi) is 3.00. The first-order chi connectivity index (χ1) is 9.94. The van der Waals surface area contributed by atoms with Gasteiger partial charge >= 0.3 is 12.1 Å². The van der Waals surface area contributed by atoms with Crippen LogP contribution in [0.5, 0.6) is 0 Å². The quantitative estimate of drug-likeness (QED) is 0.727. The van der Waals surface area contributed by atoms with Crippen molar-refractivity contribution in [1.29, 1.82) is 0 Å². The molecule has 0 aromatic carbocycles. The van der Waals surface area contributed by atoms with Crippen LogP contribution in [0, 0.1) is 5.41 Å². The highest BCUT2D eigenvalue weighted by atomic mass is 16.5. The van der Waals surface area contributed by atoms with Crippen LogP contribution in [0.2, 0.25) is 0 Å². The Morgan fingerprint density at radius 1 is 1.33 bits per heavy atom. The van der Waals surface area contributed by atoms with Crippen molar-refractivity contribution in [2.75, 3.05) is 19.7 Å². The van der Waals surface area contributed by atoms with Gasteiger partial charge in [0.1, 0.15) is 6.61 Å². The maximum Gasteiger partial charge on any atom is 0.407 e. The third kappa shape index (κ3) is 2.00. The summed E-state index contributed by atoms with van der Waals surface area (Å²) in [6.07, 6.45) is 3.49. The summed E-state index contributed by atoms with van der Waals surface area (Å²) in [5.41, 5.74) is 0.386. The molecule has 0 atom stereocenters. The fraction of sp³-hybridized carbons (Fsp3) is 0.500. The molecule has 21 heavy (non-hydrogen) atoms. The van der Waals surface area contributed by atoms with Crippen LogP contribution in [0.3, 0.4) is 0 Å². The number of carbonyl (C=O) groups is 3. The van der Waals surface area contributed by atoms with Crippen molar-refractivity contribution in [1.82, 2.24) is 9.80 Å². The summed E-state index contributed by atoms with van der Waals surface area (Å²) < 4.78 is 4.94. The lowest BCUT2D eigenvalue weighted by molar-refractivity contribution is -0.137. The van der Waals surface area contributed by atoms with Gasteiger partial charge in [0.25, 0.3) is 0 Å². The summed E-state index contributed by atoms with van der Waals surface area (Å²) in [6.45, 7) is 2.43. The number of rotatable bonds is 1. The highest BCUT2D eigenvalue weighted by Crippen LogP contribution is 2.41. The Balaban J connectivity index is 1.78. The Morgan fingerprint density at radius 2 is 2.00 bits per heavy atom. The molecular weight excluding hydrogens is 276 g/mol. The van der Waals surface area contributed by atoms with Gasteiger partial charge in [-0.1, -0.05) is 6.08 Å². The van der Waals surface area contributed by atoms with E-state index in [9.17, 15) is 14.4 Å². The van der Waals surface area contributed by atoms with Gasteiger partial charge in [-0.25, -0.2) is 9.59 Å². The third-order valence-corrected chi connectivity index (χ3v) is 4.48. The minimum atomic E-state index is -0.954. The van der Waals surface area contributed by atoms with Gasteiger partial charge in [0.2, 0.25) is 5.91 Å². The summed E-state index contributed by atoms with van der Waals surface area (Å²) in [7, 11) is 0. The number of nitrogens with zero attached hydrogens (tertiary/aromatic N) is 2. The molecule has 1 fully saturated rings. The normalized spacial score (nSPS) is 24.2. The molecule has 3 rings (SSSR count). The molecule has 112 valence electrons. The average Bonchev–Trinajstić information content (AvgIpc) is 2.94. The molecule has 0 radical (unpaired) electrons. The number of cyclic esters (lactones) is 1. The SMILES string of the molecule is CC1=C(N2C=CC3(CCN(C(=O)O)CC3)C2=O)COC1=O. The summed E-state index contributed by atoms with van der Waals surface area (Å²) in [6, 6.07) is 0. The number of esters is 1. The first kappa shape index (κ1) is 13.7. The van der Waals surface area contributed by atoms with Crippen molar-refractivity contribution < 1.29 is 24.2 Å². The van der Waals surface area contributed by atoms with Crippen LogP contribution in [-0.2, 0) is 14.3 Å². The number of ether oxygens (including phenoxy) is 1. The molecule has 3 heterocycles. The number of piperidine rings is 1. The highest BCUT2D eigenvalue weighted by Gasteiger charge is 2.47. The lowest BCUT2D eigenvalue weighted by atomic mass is 9.79. The van der Waals surface area contributed by atoms with Gasteiger partial charge in [0, 0.05) is 19.3 Å². The number of carboxylic acid groups (broad SMARTS) is 1. The van der Waals surface area contributed by atoms with E-state index in [1.54, 1.807) is 13.1 Å². The van der Waals surface area contributed by atoms with Gasteiger partial charge in [0.15, 0.2) is 0 Å². The molecule has 1 saturated heterocycles. The van der Waals surface area contributed by atoms with Crippen molar-refractivity contribution in [3.05, 3.63) is 23.5 Å². The second-order valence-electron chi connectivity index (χ2n) is 5.56. The summed E-state index contributed by atoms with van der Waals surface area (Å²) in [4.78, 5) is 37.9. The Hall–Kier alpha value is -2.31. The minimum Gasteiger partial charge on any atom is -0.465 e. The molecule has 3 aliphatic heterocycles. The van der Waals surface area contributed by atoms with Crippen LogP contribution in [0.4, 0.5) is 4.79 Å². The molecule has 0 aliphatic carbocycles. The van der Waals surface area contributed by atoms with Crippen LogP contribution in [0.25, 0.3) is 0 Å². The molecule has 7 heteroatoms. The average molecular weight is 292 g/mol. The Bertz CT molecular complexity index is 584. The van der Waals surface area contributed by atoms with E-state index in [1.165, 1.54) is 9.80 Å². The van der Waals surface area contributed by atoms with Gasteiger partial charge in [-0.15, -0.1) is 0 Å². The second-order valence-corrected chi connectivity index (χ2v) is 5.56. The van der Waals surface area contributed by atoms with Crippen molar-refractivity contribution in [3.63, 3.8) is 0 Å². The van der Waals surface area contributed by atoms with E-state index in [1.807, 2.05) is 6.08 Å². The molecule has 0 saturated carbocycles. The Morgan fingerprint density at radius 3 is 2.52 bits per heavy atom. The largest absolute Gasteiger partial charge is 0.465 e. The van der Waals surface area contributed by atoms with Crippen LogP contribution in [-0.4, -0.2) is 52.6 Å². The summed E-state index contributed by atoms with van der Waals surface area (Å²) in [5.74, 6) is -0.493. The molecular formula is C14H16N2O5. The summed E-state index contributed by atoms with van der Waals surface area (Å²) >= 11 is 0. The first-order valence-corrected chi connectivity index (χ1v) is 6.82. The zero-order valence-corrected chi connectivity index (χ0v) is 11.7. The standard InChI is InChI=1S/C14H16N2O5/c1-9-10(8-21-11(9)17)16-7-4-14(12(16)18)2-5-15(6-3-14)13(19)20/h4,7H,2-3,5-6,8H2,1H3,(H,19,20). The van der Waals surface area contributed by atoms with Gasteiger partial charge < -0.3 is 14.7 Å². The zero-order valence-electron chi connectivity index (χ0n) is 11.7. The molecule has 0 aromatic rings. The van der Waals surface area contributed by atoms with E-state index in [0.29, 0.717) is 37.2 Å². The lowest BCUT2D eigenvalue weighted by Crippen LogP contribution is -2.46. The van der Waals surface area contributed by atoms with Crippen molar-refractivity contribution in [2.24, 2.45) is 5.41 Å². The molecule has 0 unspecified atom stereocenters. The second kappa shape index (κ2) is 4.61. The maximum atomic E-state index is 12.7. The smallest absolute Gasteiger partial charge is 0.407 e. The van der Waals surface area contributed by atoms with Crippen LogP contribution < -0.4 is 0 Å². The Labute approximate surface area is 121 Å². The molecule has 0 aromatic heterocycles. The molecule has 0 bridgehead atoms. The number of likely N-dealkylation sites (tertiary alicyclic amines) is 1. The summed E-state index contributed by atoms with van der Waals surface area (Å²) in [5, 5.41) is 8.97. The molecule has 7 nitrogen and oxygen atoms in total. The van der Waals surface area contributed by atoms with E-state index >= 15 is 0 Å². The van der Waals surface area contributed by atoms with Crippen LogP contribution in [0.15, 0.2) is 23.5 Å². The maximum absolute atomic E-state index is 12.7. The minimum absolute atomic E-state index is 0.0970. The van der Waals surface area contributed by atoms with Gasteiger partial charge in [-0.05, 0) is 19.8 Å². The predicted molar refractivity (Wildman–Crippen MR) is 70.9 cm³/mol. The van der Waals surface area contributed by atoms with E-state index in [4.69, 9.17) is 9.84 Å². The monoisotopic (exact) mass is 292 g/mol. The van der Waals surface area contributed by atoms with E-state index in [0.717, 1.165) is 0 Å². The van der Waals surface area contributed by atoms with Crippen LogP contribution in [0.1, 0.15) is 19.8 Å². The molecule has 3 aliphatic rings. The first-order valence-electron chi connectivity index (χ1n) is 6.82. The lowest BCUT2D eigenvalue weighted by Gasteiger charge is -2.36. The molecule has 1 spiro atoms. The fourth-order valence-electron chi connectivity index (χ4n) is 3.00. The van der Waals surface area contributed by atoms with Crippen molar-refractivity contribution >= 4 is 18.0 Å². The highest BCUT2D eigenvalue weighted by molar-refractivity contribution is 5.95. The topological polar surface area (TPSA) is 87.2 Å². The van der Waals surface area contributed by atoms with E-state index < -0.39 is 17.5 Å². The van der Waals surface area contributed by atoms with Crippen molar-refractivity contribution in [3.8, 4) is 0 Å². The zero-order chi connectivity index (χ0) is 15.2. The molecule has 2 amide bonds. The number of hydrogen-bond acceptors (Lipinski definition) is 4. The van der Waals surface area contributed by atoms with Gasteiger partial charge in [-0.3, -0.25) is 9.69 Å². The molecule has 1 N–H and O–H groups in total. The number of hydrogen-bond donors (Lipinski definition) is 1. The van der Waals surface area contributed by atoms with E-state index in [-0.39, 0.29) is 12.5 Å². The van der Waals surface area contributed by atoms with Gasteiger partial charge in [0.05, 0.1) is 16.7 Å². The fourth-order valence-corrected chi connectivity index (χ4v) is 3.00. The number of amides is 2. The predicted octanol–water partition coefficient (Wildman–Crippen LogP) is 0.933. The van der Waals surface area contributed by atoms with Crippen molar-refractivity contribution in [2.45, 2.75) is 19.8 Å². The van der Waals surface area contributed by atoms with E-state index in [2.05, 4.69) is 0 Å². The third-order valence-electron chi connectivity index (χ3n) is 4.48. The van der Waals surface area contributed by atoms with Gasteiger partial charge in [-0.2, -0.15) is 0 Å². The number of carbonyl (C=O) groups excluding carboxylic acids is 2.